The monoisotopic (exact) mass is 500 g/mol. The molecule has 0 spiro atoms. The summed E-state index contributed by atoms with van der Waals surface area (Å²) in [5, 5.41) is 2.08. The van der Waals surface area contributed by atoms with Crippen LogP contribution in [0.15, 0.2) is 54.6 Å². The van der Waals surface area contributed by atoms with Gasteiger partial charge in [0.25, 0.3) is 17.7 Å². The fourth-order valence-electron chi connectivity index (χ4n) is 4.43. The molecule has 34 heavy (non-hydrogen) atoms. The maximum atomic E-state index is 13.6. The minimum atomic E-state index is -0.751. The Morgan fingerprint density at radius 3 is 2.56 bits per heavy atom. The molecule has 0 aromatic heterocycles. The zero-order valence-electron chi connectivity index (χ0n) is 18.5. The number of carbonyl (C=O) groups excluding carboxylic acids is 4. The first-order valence-corrected chi connectivity index (χ1v) is 11.5. The molecule has 4 rings (SSSR count). The second kappa shape index (κ2) is 9.60. The van der Waals surface area contributed by atoms with E-state index in [1.165, 1.54) is 31.4 Å². The van der Waals surface area contributed by atoms with Gasteiger partial charge >= 0.3 is 0 Å². The van der Waals surface area contributed by atoms with Crippen LogP contribution in [-0.2, 0) is 9.59 Å². The molecule has 1 aliphatic carbocycles. The quantitative estimate of drug-likeness (QED) is 0.332. The van der Waals surface area contributed by atoms with Crippen LogP contribution in [-0.4, -0.2) is 47.2 Å². The van der Waals surface area contributed by atoms with E-state index < -0.39 is 41.9 Å². The maximum Gasteiger partial charge on any atom is 0.274 e. The van der Waals surface area contributed by atoms with Gasteiger partial charge in [0.15, 0.2) is 5.78 Å². The number of nitrogens with zero attached hydrogens (tertiary/aromatic N) is 2. The number of fused-ring (bicyclic) bond motifs is 1. The molecule has 0 N–H and O–H groups in total. The molecule has 3 amide bonds. The Labute approximate surface area is 206 Å². The van der Waals surface area contributed by atoms with Gasteiger partial charge in [0.05, 0.1) is 29.5 Å². The van der Waals surface area contributed by atoms with Gasteiger partial charge in [0, 0.05) is 10.6 Å². The lowest BCUT2D eigenvalue weighted by Crippen LogP contribution is -2.52. The summed E-state index contributed by atoms with van der Waals surface area (Å²) in [4.78, 5) is 53.5. The van der Waals surface area contributed by atoms with Crippen molar-refractivity contribution >= 4 is 46.7 Å². The van der Waals surface area contributed by atoms with Gasteiger partial charge in [-0.15, -0.1) is 0 Å². The number of hydrogen-bond acceptors (Lipinski definition) is 5. The topological polar surface area (TPSA) is 84.0 Å². The molecule has 176 valence electrons. The summed E-state index contributed by atoms with van der Waals surface area (Å²) in [6, 6.07) is 10.7. The van der Waals surface area contributed by atoms with Crippen molar-refractivity contribution in [1.29, 1.82) is 0 Å². The fourth-order valence-corrected chi connectivity index (χ4v) is 4.92. The van der Waals surface area contributed by atoms with E-state index in [2.05, 4.69) is 0 Å². The van der Waals surface area contributed by atoms with Gasteiger partial charge in [0.2, 0.25) is 0 Å². The van der Waals surface area contributed by atoms with Crippen LogP contribution in [0.5, 0.6) is 5.75 Å². The van der Waals surface area contributed by atoms with Crippen LogP contribution in [0.3, 0.4) is 0 Å². The molecule has 9 heteroatoms. The Balaban J connectivity index is 1.73. The summed E-state index contributed by atoms with van der Waals surface area (Å²) < 4.78 is 5.18. The zero-order valence-corrected chi connectivity index (χ0v) is 20.0. The van der Waals surface area contributed by atoms with Crippen molar-refractivity contribution in [1.82, 2.24) is 10.0 Å². The third kappa shape index (κ3) is 4.33. The first kappa shape index (κ1) is 24.0. The Kier molecular flexibility index (Phi) is 6.77. The van der Waals surface area contributed by atoms with E-state index in [-0.39, 0.29) is 22.1 Å². The molecular weight excluding hydrogens is 479 g/mol. The molecule has 0 unspecified atom stereocenters. The molecular formula is C25H22Cl2N2O5. The molecule has 0 bridgehead atoms. The molecule has 2 aromatic carbocycles. The van der Waals surface area contributed by atoms with Crippen molar-refractivity contribution in [2.24, 2.45) is 17.8 Å². The van der Waals surface area contributed by atoms with E-state index in [9.17, 15) is 19.2 Å². The number of ketones is 1. The number of amides is 3. The van der Waals surface area contributed by atoms with E-state index in [4.69, 9.17) is 27.9 Å². The lowest BCUT2D eigenvalue weighted by molar-refractivity contribution is -0.154. The van der Waals surface area contributed by atoms with Crippen molar-refractivity contribution in [3.63, 3.8) is 0 Å². The number of rotatable bonds is 6. The van der Waals surface area contributed by atoms with Crippen LogP contribution in [0.2, 0.25) is 10.0 Å². The molecule has 1 heterocycles. The molecule has 0 radical (unpaired) electrons. The Hall–Kier alpha value is -3.16. The molecule has 0 saturated carbocycles. The minimum Gasteiger partial charge on any atom is -0.497 e. The predicted molar refractivity (Wildman–Crippen MR) is 127 cm³/mol. The Morgan fingerprint density at radius 1 is 1.12 bits per heavy atom. The maximum absolute atomic E-state index is 13.6. The number of carbonyl (C=O) groups is 4. The number of benzene rings is 2. The molecule has 1 aliphatic heterocycles. The number of allylic oxidation sites excluding steroid dienone is 2. The molecule has 1 fully saturated rings. The third-order valence-corrected chi connectivity index (χ3v) is 6.72. The summed E-state index contributed by atoms with van der Waals surface area (Å²) in [6.45, 7) is 1.31. The molecule has 3 atom stereocenters. The van der Waals surface area contributed by atoms with Gasteiger partial charge in [-0.25, -0.2) is 5.01 Å². The smallest absolute Gasteiger partial charge is 0.274 e. The summed E-state index contributed by atoms with van der Waals surface area (Å²) >= 11 is 12.2. The van der Waals surface area contributed by atoms with Crippen molar-refractivity contribution in [3.05, 3.63) is 75.8 Å². The average Bonchev–Trinajstić information content (AvgIpc) is 3.07. The number of hydrogen-bond donors (Lipinski definition) is 0. The molecule has 2 aromatic rings. The fraction of sp³-hybridized carbons (Fsp3) is 0.280. The van der Waals surface area contributed by atoms with Crippen molar-refractivity contribution in [2.45, 2.75) is 13.3 Å². The van der Waals surface area contributed by atoms with Gasteiger partial charge in [-0.05, 0) is 42.7 Å². The van der Waals surface area contributed by atoms with Gasteiger partial charge in [-0.1, -0.05) is 54.4 Å². The van der Waals surface area contributed by atoms with E-state index in [1.54, 1.807) is 18.2 Å². The van der Waals surface area contributed by atoms with Gasteiger partial charge < -0.3 is 4.74 Å². The third-order valence-electron chi connectivity index (χ3n) is 6.17. The Bertz CT molecular complexity index is 1210. The van der Waals surface area contributed by atoms with Gasteiger partial charge in [0.1, 0.15) is 12.3 Å². The summed E-state index contributed by atoms with van der Waals surface area (Å²) in [7, 11) is 1.47. The lowest BCUT2D eigenvalue weighted by atomic mass is 9.78. The van der Waals surface area contributed by atoms with Crippen LogP contribution in [0.25, 0.3) is 0 Å². The number of Topliss-reactive ketones (excluding diaryl/α,β-unsaturated/α-hetero) is 1. The van der Waals surface area contributed by atoms with Crippen LogP contribution in [0.4, 0.5) is 0 Å². The highest BCUT2D eigenvalue weighted by molar-refractivity contribution is 6.36. The van der Waals surface area contributed by atoms with Crippen molar-refractivity contribution < 1.29 is 23.9 Å². The van der Waals surface area contributed by atoms with E-state index in [0.717, 1.165) is 10.0 Å². The van der Waals surface area contributed by atoms with Crippen molar-refractivity contribution in [3.8, 4) is 5.75 Å². The highest BCUT2D eigenvalue weighted by Gasteiger charge is 2.53. The SMILES string of the molecule is COc1cccc(C(=O)CN(C(=O)c2ccc(Cl)cc2Cl)N2C(=O)[C@H]3[C@H](C)C=CC[C@H]3C2=O)c1. The van der Waals surface area contributed by atoms with Gasteiger partial charge in [-0.3, -0.25) is 19.2 Å². The van der Waals surface area contributed by atoms with Gasteiger partial charge in [-0.2, -0.15) is 5.01 Å². The first-order chi connectivity index (χ1) is 16.2. The number of hydrazine groups is 1. The molecule has 7 nitrogen and oxygen atoms in total. The van der Waals surface area contributed by atoms with Crippen LogP contribution >= 0.6 is 23.2 Å². The largest absolute Gasteiger partial charge is 0.497 e. The molecule has 1 saturated heterocycles. The predicted octanol–water partition coefficient (Wildman–Crippen LogP) is 4.44. The highest BCUT2D eigenvalue weighted by Crippen LogP contribution is 2.39. The number of ether oxygens (including phenoxy) is 1. The second-order valence-electron chi connectivity index (χ2n) is 8.29. The van der Waals surface area contributed by atoms with Crippen LogP contribution in [0.1, 0.15) is 34.1 Å². The summed E-state index contributed by atoms with van der Waals surface area (Å²) in [5.74, 6) is -3.14. The zero-order chi connectivity index (χ0) is 24.6. The summed E-state index contributed by atoms with van der Waals surface area (Å²) in [5.41, 5.74) is 0.289. The first-order valence-electron chi connectivity index (χ1n) is 10.7. The number of halogens is 2. The Morgan fingerprint density at radius 2 is 1.88 bits per heavy atom. The highest BCUT2D eigenvalue weighted by atomic mass is 35.5. The number of methoxy groups -OCH3 is 1. The van der Waals surface area contributed by atoms with Crippen LogP contribution in [0, 0.1) is 17.8 Å². The minimum absolute atomic E-state index is 0.0196. The summed E-state index contributed by atoms with van der Waals surface area (Å²) in [6.07, 6.45) is 4.15. The van der Waals surface area contributed by atoms with Crippen molar-refractivity contribution in [2.75, 3.05) is 13.7 Å². The van der Waals surface area contributed by atoms with Crippen LogP contribution < -0.4 is 4.74 Å². The second-order valence-corrected chi connectivity index (χ2v) is 9.13. The normalized spacial score (nSPS) is 21.4. The van der Waals surface area contributed by atoms with E-state index >= 15 is 0 Å². The van der Waals surface area contributed by atoms with E-state index in [0.29, 0.717) is 17.2 Å². The lowest BCUT2D eigenvalue weighted by Gasteiger charge is -2.30. The van der Waals surface area contributed by atoms with E-state index in [1.807, 2.05) is 19.1 Å². The average molecular weight is 501 g/mol. The standard InChI is InChI=1S/C25H22Cl2N2O5/c1-14-5-3-8-19-22(14)25(33)29(24(19)32)28(23(31)18-10-9-16(26)12-20(18)27)13-21(30)15-6-4-7-17(11-15)34-2/h3-7,9-12,14,19,22H,8,13H2,1-2H3/t14-,19-,22+/m1/s1. The number of imide groups is 1. The molecule has 2 aliphatic rings.